The van der Waals surface area contributed by atoms with Gasteiger partial charge in [-0.25, -0.2) is 0 Å². The highest BCUT2D eigenvalue weighted by molar-refractivity contribution is 5.79. The van der Waals surface area contributed by atoms with E-state index in [-0.39, 0.29) is 5.54 Å². The van der Waals surface area contributed by atoms with Gasteiger partial charge in [-0.05, 0) is 63.3 Å². The number of hydrogen-bond acceptors (Lipinski definition) is 2. The van der Waals surface area contributed by atoms with Gasteiger partial charge in [-0.2, -0.15) is 0 Å². The minimum atomic E-state index is 0.189. The second-order valence-electron chi connectivity index (χ2n) is 6.06. The number of carbonyl (C=O) groups excluding carboxylic acids is 1. The molecule has 1 aliphatic rings. The third kappa shape index (κ3) is 1.94. The summed E-state index contributed by atoms with van der Waals surface area (Å²) in [5, 5.41) is 0. The third-order valence-corrected chi connectivity index (χ3v) is 4.14. The lowest BCUT2D eigenvalue weighted by molar-refractivity contribution is 0.112. The van der Waals surface area contributed by atoms with Crippen LogP contribution in [-0.2, 0) is 0 Å². The number of hydrogen-bond donors (Lipinski definition) is 0. The molecule has 0 saturated carbocycles. The van der Waals surface area contributed by atoms with E-state index in [1.165, 1.54) is 16.8 Å². The molecule has 0 bridgehead atoms. The summed E-state index contributed by atoms with van der Waals surface area (Å²) in [5.41, 5.74) is 4.88. The van der Waals surface area contributed by atoms with Crippen LogP contribution in [0, 0.1) is 6.92 Å². The zero-order chi connectivity index (χ0) is 13.5. The molecular weight excluding hydrogens is 222 g/mol. The predicted molar refractivity (Wildman–Crippen MR) is 76.7 cm³/mol. The van der Waals surface area contributed by atoms with Crippen LogP contribution in [0.2, 0.25) is 0 Å². The number of carbonyl (C=O) groups is 1. The third-order valence-electron chi connectivity index (χ3n) is 4.14. The van der Waals surface area contributed by atoms with Crippen LogP contribution in [0.5, 0.6) is 0 Å². The van der Waals surface area contributed by atoms with Crippen molar-refractivity contribution in [3.05, 3.63) is 28.8 Å². The molecule has 0 unspecified atom stereocenters. The Morgan fingerprint density at radius 1 is 1.44 bits per heavy atom. The summed E-state index contributed by atoms with van der Waals surface area (Å²) in [5.74, 6) is 0.511. The fourth-order valence-electron chi connectivity index (χ4n) is 3.51. The van der Waals surface area contributed by atoms with Gasteiger partial charge in [0.1, 0.15) is 6.29 Å². The summed E-state index contributed by atoms with van der Waals surface area (Å²) in [4.78, 5) is 13.5. The maximum absolute atomic E-state index is 11.0. The molecule has 18 heavy (non-hydrogen) atoms. The first-order valence-corrected chi connectivity index (χ1v) is 6.78. The van der Waals surface area contributed by atoms with Crippen molar-refractivity contribution in [3.8, 4) is 0 Å². The zero-order valence-electron chi connectivity index (χ0n) is 12.1. The quantitative estimate of drug-likeness (QED) is 0.736. The Bertz CT molecular complexity index is 476. The van der Waals surface area contributed by atoms with Crippen LogP contribution >= 0.6 is 0 Å². The number of nitrogens with zero attached hydrogens (tertiary/aromatic N) is 1. The number of fused-ring (bicyclic) bond motifs is 1. The smallest absolute Gasteiger partial charge is 0.150 e. The van der Waals surface area contributed by atoms with Gasteiger partial charge in [-0.15, -0.1) is 0 Å². The van der Waals surface area contributed by atoms with Crippen molar-refractivity contribution in [1.82, 2.24) is 0 Å². The Kier molecular flexibility index (Phi) is 3.22. The summed E-state index contributed by atoms with van der Waals surface area (Å²) >= 11 is 0. The number of aryl methyl sites for hydroxylation is 1. The number of aldehydes is 1. The molecule has 0 spiro atoms. The minimum absolute atomic E-state index is 0.189. The summed E-state index contributed by atoms with van der Waals surface area (Å²) in [7, 11) is 0. The van der Waals surface area contributed by atoms with Gasteiger partial charge in [0, 0.05) is 23.3 Å². The average molecular weight is 245 g/mol. The minimum Gasteiger partial charge on any atom is -0.366 e. The highest BCUT2D eigenvalue weighted by Crippen LogP contribution is 2.44. The Morgan fingerprint density at radius 3 is 2.67 bits per heavy atom. The van der Waals surface area contributed by atoms with Crippen LogP contribution in [-0.4, -0.2) is 18.4 Å². The van der Waals surface area contributed by atoms with E-state index in [1.807, 2.05) is 6.07 Å². The lowest BCUT2D eigenvalue weighted by atomic mass is 9.78. The maximum atomic E-state index is 11.0. The molecule has 2 heteroatoms. The average Bonchev–Trinajstić information content (AvgIpc) is 2.29. The molecule has 1 atom stereocenters. The Morgan fingerprint density at radius 2 is 2.11 bits per heavy atom. The molecule has 1 heterocycles. The molecule has 0 saturated heterocycles. The normalized spacial score (nSPS) is 21.6. The first kappa shape index (κ1) is 13.1. The Hall–Kier alpha value is -1.31. The van der Waals surface area contributed by atoms with Gasteiger partial charge in [0.05, 0.1) is 0 Å². The van der Waals surface area contributed by atoms with E-state index in [1.54, 1.807) is 0 Å². The predicted octanol–water partition coefficient (Wildman–Crippen LogP) is 3.92. The van der Waals surface area contributed by atoms with Crippen molar-refractivity contribution in [2.45, 2.75) is 52.5 Å². The molecule has 0 N–H and O–H groups in total. The van der Waals surface area contributed by atoms with Gasteiger partial charge in [-0.1, -0.05) is 6.92 Å². The maximum Gasteiger partial charge on any atom is 0.150 e. The first-order valence-electron chi connectivity index (χ1n) is 6.78. The van der Waals surface area contributed by atoms with E-state index in [4.69, 9.17) is 0 Å². The van der Waals surface area contributed by atoms with Gasteiger partial charge in [0.2, 0.25) is 0 Å². The van der Waals surface area contributed by atoms with Gasteiger partial charge in [-0.3, -0.25) is 4.79 Å². The summed E-state index contributed by atoms with van der Waals surface area (Å²) in [6.45, 7) is 12.2. The van der Waals surface area contributed by atoms with E-state index in [0.717, 1.165) is 24.8 Å². The lowest BCUT2D eigenvalue weighted by Crippen LogP contribution is -2.48. The first-order chi connectivity index (χ1) is 8.40. The fourth-order valence-corrected chi connectivity index (χ4v) is 3.51. The van der Waals surface area contributed by atoms with E-state index >= 15 is 0 Å². The van der Waals surface area contributed by atoms with Crippen LogP contribution in [0.25, 0.3) is 0 Å². The summed E-state index contributed by atoms with van der Waals surface area (Å²) in [6.07, 6.45) is 2.09. The molecule has 1 aromatic rings. The van der Waals surface area contributed by atoms with Crippen molar-refractivity contribution < 1.29 is 4.79 Å². The van der Waals surface area contributed by atoms with Gasteiger partial charge in [0.15, 0.2) is 0 Å². The molecule has 0 aliphatic carbocycles. The Labute approximate surface area is 110 Å². The fraction of sp³-hybridized carbons (Fsp3) is 0.562. The van der Waals surface area contributed by atoms with Crippen LogP contribution < -0.4 is 4.90 Å². The van der Waals surface area contributed by atoms with Crippen molar-refractivity contribution >= 4 is 12.0 Å². The standard InChI is InChI=1S/C16H23NO/c1-6-17-15-11(2)7-13(10-18)8-14(15)12(3)9-16(17,4)5/h7-8,10,12H,6,9H2,1-5H3/t12-/m1/s1. The molecule has 0 aromatic heterocycles. The molecule has 98 valence electrons. The van der Waals surface area contributed by atoms with Crippen LogP contribution in [0.3, 0.4) is 0 Å². The van der Waals surface area contributed by atoms with E-state index < -0.39 is 0 Å². The molecule has 2 nitrogen and oxygen atoms in total. The topological polar surface area (TPSA) is 20.3 Å². The van der Waals surface area contributed by atoms with Crippen molar-refractivity contribution in [3.63, 3.8) is 0 Å². The van der Waals surface area contributed by atoms with E-state index in [9.17, 15) is 4.79 Å². The highest BCUT2D eigenvalue weighted by Gasteiger charge is 2.36. The van der Waals surface area contributed by atoms with E-state index in [2.05, 4.69) is 45.6 Å². The van der Waals surface area contributed by atoms with Crippen LogP contribution in [0.1, 0.15) is 61.5 Å². The molecule has 1 aromatic carbocycles. The van der Waals surface area contributed by atoms with Gasteiger partial charge in [0.25, 0.3) is 0 Å². The number of rotatable bonds is 2. The van der Waals surface area contributed by atoms with Crippen molar-refractivity contribution in [2.24, 2.45) is 0 Å². The number of benzene rings is 1. The van der Waals surface area contributed by atoms with Crippen molar-refractivity contribution in [1.29, 1.82) is 0 Å². The Balaban J connectivity index is 2.65. The van der Waals surface area contributed by atoms with Crippen molar-refractivity contribution in [2.75, 3.05) is 11.4 Å². The van der Waals surface area contributed by atoms with Gasteiger partial charge < -0.3 is 4.90 Å². The molecule has 1 aliphatic heterocycles. The molecule has 2 rings (SSSR count). The largest absolute Gasteiger partial charge is 0.366 e. The van der Waals surface area contributed by atoms with Crippen LogP contribution in [0.15, 0.2) is 12.1 Å². The van der Waals surface area contributed by atoms with Gasteiger partial charge >= 0.3 is 0 Å². The molecular formula is C16H23NO. The zero-order valence-corrected chi connectivity index (χ0v) is 12.1. The summed E-state index contributed by atoms with van der Waals surface area (Å²) in [6, 6.07) is 4.07. The SMILES string of the molecule is CCN1c2c(C)cc(C=O)cc2[C@H](C)CC1(C)C. The van der Waals surface area contributed by atoms with Crippen LogP contribution in [0.4, 0.5) is 5.69 Å². The monoisotopic (exact) mass is 245 g/mol. The summed E-state index contributed by atoms with van der Waals surface area (Å²) < 4.78 is 0. The highest BCUT2D eigenvalue weighted by atomic mass is 16.1. The molecule has 0 fully saturated rings. The second-order valence-corrected chi connectivity index (χ2v) is 6.06. The van der Waals surface area contributed by atoms with E-state index in [0.29, 0.717) is 5.92 Å². The molecule has 0 amide bonds. The lowest BCUT2D eigenvalue weighted by Gasteiger charge is -2.48. The molecule has 0 radical (unpaired) electrons. The second kappa shape index (κ2) is 4.42. The number of anilines is 1.